The van der Waals surface area contributed by atoms with Gasteiger partial charge in [-0.1, -0.05) is 25.7 Å². The number of anilines is 2. The van der Waals surface area contributed by atoms with Gasteiger partial charge in [0, 0.05) is 12.2 Å². The van der Waals surface area contributed by atoms with Crippen LogP contribution in [-0.2, 0) is 10.0 Å². The van der Waals surface area contributed by atoms with Crippen molar-refractivity contribution >= 4 is 21.4 Å². The third kappa shape index (κ3) is 5.53. The molecule has 1 aliphatic carbocycles. The van der Waals surface area contributed by atoms with Crippen LogP contribution in [0, 0.1) is 11.7 Å². The topological polar surface area (TPSA) is 58.2 Å². The first kappa shape index (κ1) is 16.1. The van der Waals surface area contributed by atoms with E-state index in [1.54, 1.807) is 6.07 Å². The molecule has 21 heavy (non-hydrogen) atoms. The van der Waals surface area contributed by atoms with Crippen molar-refractivity contribution in [2.24, 2.45) is 5.92 Å². The van der Waals surface area contributed by atoms with E-state index in [1.807, 2.05) is 0 Å². The SMILES string of the molecule is CS(=O)(=O)Nc1cc(NCC2CCCCCC2)ccc1F. The van der Waals surface area contributed by atoms with Gasteiger partial charge in [0.2, 0.25) is 10.0 Å². The van der Waals surface area contributed by atoms with Crippen LogP contribution in [0.15, 0.2) is 18.2 Å². The minimum Gasteiger partial charge on any atom is -0.385 e. The van der Waals surface area contributed by atoms with E-state index in [2.05, 4.69) is 10.0 Å². The van der Waals surface area contributed by atoms with E-state index in [4.69, 9.17) is 0 Å². The third-order valence-corrected chi connectivity index (χ3v) is 4.42. The van der Waals surface area contributed by atoms with Crippen molar-refractivity contribution in [2.75, 3.05) is 22.8 Å². The van der Waals surface area contributed by atoms with Gasteiger partial charge in [0.25, 0.3) is 0 Å². The predicted octanol–water partition coefficient (Wildman–Crippen LogP) is 3.58. The number of hydrogen-bond donors (Lipinski definition) is 2. The van der Waals surface area contributed by atoms with Crippen LogP contribution in [-0.4, -0.2) is 21.2 Å². The second kappa shape index (κ2) is 7.11. The fraction of sp³-hybridized carbons (Fsp3) is 0.600. The summed E-state index contributed by atoms with van der Waals surface area (Å²) in [5.41, 5.74) is 0.732. The third-order valence-electron chi connectivity index (χ3n) is 3.83. The van der Waals surface area contributed by atoms with Crippen LogP contribution >= 0.6 is 0 Å². The van der Waals surface area contributed by atoms with Crippen molar-refractivity contribution in [3.05, 3.63) is 24.0 Å². The van der Waals surface area contributed by atoms with E-state index in [9.17, 15) is 12.8 Å². The van der Waals surface area contributed by atoms with E-state index in [-0.39, 0.29) is 5.69 Å². The molecule has 2 N–H and O–H groups in total. The second-order valence-corrected chi connectivity index (χ2v) is 7.56. The van der Waals surface area contributed by atoms with Crippen molar-refractivity contribution in [2.45, 2.75) is 38.5 Å². The summed E-state index contributed by atoms with van der Waals surface area (Å²) in [7, 11) is -3.47. The number of hydrogen-bond acceptors (Lipinski definition) is 3. The molecule has 0 radical (unpaired) electrons. The standard InChI is InChI=1S/C15H23FN2O2S/c1-21(19,20)18-15-10-13(8-9-14(15)16)17-11-12-6-4-2-3-5-7-12/h8-10,12,17-18H,2-7,11H2,1H3. The van der Waals surface area contributed by atoms with Crippen LogP contribution in [0.5, 0.6) is 0 Å². The highest BCUT2D eigenvalue weighted by atomic mass is 32.2. The molecule has 1 aromatic rings. The van der Waals surface area contributed by atoms with Crippen molar-refractivity contribution in [3.8, 4) is 0 Å². The molecule has 0 spiro atoms. The van der Waals surface area contributed by atoms with Crippen LogP contribution in [0.1, 0.15) is 38.5 Å². The molecule has 0 atom stereocenters. The summed E-state index contributed by atoms with van der Waals surface area (Å²) in [5.74, 6) is 0.0734. The Labute approximate surface area is 126 Å². The Hall–Kier alpha value is -1.30. The molecule has 4 nitrogen and oxygen atoms in total. The van der Waals surface area contributed by atoms with Gasteiger partial charge in [-0.25, -0.2) is 12.8 Å². The molecular weight excluding hydrogens is 291 g/mol. The number of rotatable bonds is 5. The Morgan fingerprint density at radius 2 is 1.86 bits per heavy atom. The molecular formula is C15H23FN2O2S. The zero-order valence-corrected chi connectivity index (χ0v) is 13.2. The highest BCUT2D eigenvalue weighted by Gasteiger charge is 2.13. The highest BCUT2D eigenvalue weighted by Crippen LogP contribution is 2.25. The smallest absolute Gasteiger partial charge is 0.229 e. The average Bonchev–Trinajstić information content (AvgIpc) is 2.66. The van der Waals surface area contributed by atoms with E-state index < -0.39 is 15.8 Å². The lowest BCUT2D eigenvalue weighted by Crippen LogP contribution is -2.15. The summed E-state index contributed by atoms with van der Waals surface area (Å²) in [6.45, 7) is 0.851. The molecule has 1 saturated carbocycles. The van der Waals surface area contributed by atoms with E-state index in [0.717, 1.165) is 18.5 Å². The van der Waals surface area contributed by atoms with Crippen molar-refractivity contribution in [1.82, 2.24) is 0 Å². The second-order valence-electron chi connectivity index (χ2n) is 5.81. The van der Waals surface area contributed by atoms with Crippen LogP contribution in [0.2, 0.25) is 0 Å². The molecule has 0 aromatic heterocycles. The molecule has 0 aliphatic heterocycles. The molecule has 1 aliphatic rings. The molecule has 0 heterocycles. The Morgan fingerprint density at radius 3 is 2.48 bits per heavy atom. The number of halogens is 1. The molecule has 6 heteroatoms. The lowest BCUT2D eigenvalue weighted by atomic mass is 10.0. The van der Waals surface area contributed by atoms with Gasteiger partial charge in [-0.15, -0.1) is 0 Å². The first-order valence-corrected chi connectivity index (χ1v) is 9.34. The van der Waals surface area contributed by atoms with Gasteiger partial charge in [-0.05, 0) is 37.0 Å². The van der Waals surface area contributed by atoms with Crippen molar-refractivity contribution in [1.29, 1.82) is 0 Å². The first-order valence-electron chi connectivity index (χ1n) is 7.45. The molecule has 2 rings (SSSR count). The van der Waals surface area contributed by atoms with Crippen LogP contribution in [0.25, 0.3) is 0 Å². The summed E-state index contributed by atoms with van der Waals surface area (Å²) >= 11 is 0. The quantitative estimate of drug-likeness (QED) is 0.817. The van der Waals surface area contributed by atoms with E-state index in [1.165, 1.54) is 50.7 Å². The minimum absolute atomic E-state index is 0.0108. The number of sulfonamides is 1. The average molecular weight is 314 g/mol. The van der Waals surface area contributed by atoms with Crippen LogP contribution < -0.4 is 10.0 Å². The molecule has 0 bridgehead atoms. The lowest BCUT2D eigenvalue weighted by molar-refractivity contribution is 0.483. The zero-order chi connectivity index (χ0) is 15.3. The zero-order valence-electron chi connectivity index (χ0n) is 12.4. The summed E-state index contributed by atoms with van der Waals surface area (Å²) in [4.78, 5) is 0. The Balaban J connectivity index is 1.98. The molecule has 0 unspecified atom stereocenters. The highest BCUT2D eigenvalue weighted by molar-refractivity contribution is 7.92. The van der Waals surface area contributed by atoms with Crippen LogP contribution in [0.4, 0.5) is 15.8 Å². The maximum atomic E-state index is 13.6. The fourth-order valence-electron chi connectivity index (χ4n) is 2.74. The molecule has 0 saturated heterocycles. The van der Waals surface area contributed by atoms with Crippen LogP contribution in [0.3, 0.4) is 0 Å². The Bertz CT molecular complexity index is 567. The Kier molecular flexibility index (Phi) is 5.45. The van der Waals surface area contributed by atoms with E-state index in [0.29, 0.717) is 5.92 Å². The van der Waals surface area contributed by atoms with Gasteiger partial charge < -0.3 is 5.32 Å². The normalized spacial score (nSPS) is 17.2. The van der Waals surface area contributed by atoms with Gasteiger partial charge in [-0.3, -0.25) is 4.72 Å². The largest absolute Gasteiger partial charge is 0.385 e. The van der Waals surface area contributed by atoms with Gasteiger partial charge in [0.15, 0.2) is 0 Å². The number of benzene rings is 1. The molecule has 118 valence electrons. The summed E-state index contributed by atoms with van der Waals surface area (Å²) < 4.78 is 38.2. The lowest BCUT2D eigenvalue weighted by Gasteiger charge is -2.16. The fourth-order valence-corrected chi connectivity index (χ4v) is 3.30. The van der Waals surface area contributed by atoms with Crippen molar-refractivity contribution in [3.63, 3.8) is 0 Å². The van der Waals surface area contributed by atoms with Gasteiger partial charge in [0.1, 0.15) is 5.82 Å². The molecule has 1 fully saturated rings. The van der Waals surface area contributed by atoms with E-state index >= 15 is 0 Å². The van der Waals surface area contributed by atoms with Gasteiger partial charge >= 0.3 is 0 Å². The van der Waals surface area contributed by atoms with Gasteiger partial charge in [-0.2, -0.15) is 0 Å². The first-order chi connectivity index (χ1) is 9.94. The van der Waals surface area contributed by atoms with Crippen molar-refractivity contribution < 1.29 is 12.8 Å². The Morgan fingerprint density at radius 1 is 1.19 bits per heavy atom. The van der Waals surface area contributed by atoms with Gasteiger partial charge in [0.05, 0.1) is 11.9 Å². The molecule has 0 amide bonds. The maximum Gasteiger partial charge on any atom is 0.229 e. The maximum absolute atomic E-state index is 13.6. The summed E-state index contributed by atoms with van der Waals surface area (Å²) in [6.07, 6.45) is 8.64. The monoisotopic (exact) mass is 314 g/mol. The molecule has 1 aromatic carbocycles. The summed E-state index contributed by atoms with van der Waals surface area (Å²) in [6, 6.07) is 4.43. The summed E-state index contributed by atoms with van der Waals surface area (Å²) in [5, 5.41) is 3.29. The predicted molar refractivity (Wildman–Crippen MR) is 84.5 cm³/mol. The minimum atomic E-state index is -3.47. The number of nitrogens with one attached hydrogen (secondary N) is 2.